The molecule has 0 heterocycles. The molecule has 0 rings (SSSR count). The quantitative estimate of drug-likeness (QED) is 0.0261. The van der Waals surface area contributed by atoms with E-state index in [4.69, 9.17) is 14.2 Å². The molecule has 0 N–H and O–H groups in total. The predicted molar refractivity (Wildman–Crippen MR) is 358 cm³/mol. The van der Waals surface area contributed by atoms with Gasteiger partial charge in [0, 0.05) is 19.3 Å². The van der Waals surface area contributed by atoms with Gasteiger partial charge in [-0.1, -0.05) is 326 Å². The monoisotopic (exact) mass is 1150 g/mol. The molecule has 6 heteroatoms. The molecule has 480 valence electrons. The lowest BCUT2D eigenvalue weighted by Crippen LogP contribution is -2.30. The topological polar surface area (TPSA) is 78.9 Å². The van der Waals surface area contributed by atoms with E-state index in [-0.39, 0.29) is 31.1 Å². The zero-order valence-electron chi connectivity index (χ0n) is 55.3. The zero-order valence-corrected chi connectivity index (χ0v) is 55.3. The molecule has 0 amide bonds. The van der Waals surface area contributed by atoms with Gasteiger partial charge in [-0.15, -0.1) is 0 Å². The number of hydrogen-bond acceptors (Lipinski definition) is 6. The molecule has 0 fully saturated rings. The predicted octanol–water partition coefficient (Wildman–Crippen LogP) is 25.3. The van der Waals surface area contributed by atoms with Gasteiger partial charge in [0.25, 0.3) is 0 Å². The second kappa shape index (κ2) is 70.9. The molecule has 1 unspecified atom stereocenters. The smallest absolute Gasteiger partial charge is 0.306 e. The van der Waals surface area contributed by atoms with Gasteiger partial charge in [-0.25, -0.2) is 0 Å². The van der Waals surface area contributed by atoms with E-state index < -0.39 is 6.10 Å². The maximum atomic E-state index is 12.9. The van der Waals surface area contributed by atoms with E-state index in [1.807, 2.05) is 0 Å². The van der Waals surface area contributed by atoms with E-state index in [2.05, 4.69) is 69.4 Å². The molecule has 82 heavy (non-hydrogen) atoms. The van der Waals surface area contributed by atoms with Crippen LogP contribution in [0.15, 0.2) is 48.6 Å². The summed E-state index contributed by atoms with van der Waals surface area (Å²) >= 11 is 0. The van der Waals surface area contributed by atoms with Crippen LogP contribution in [0.4, 0.5) is 0 Å². The number of carbonyl (C=O) groups is 3. The minimum Gasteiger partial charge on any atom is -0.462 e. The van der Waals surface area contributed by atoms with Gasteiger partial charge in [-0.3, -0.25) is 14.4 Å². The Morgan fingerprint density at radius 3 is 0.683 bits per heavy atom. The summed E-state index contributed by atoms with van der Waals surface area (Å²) in [6.45, 7) is 6.66. The van der Waals surface area contributed by atoms with Gasteiger partial charge >= 0.3 is 17.9 Å². The fourth-order valence-electron chi connectivity index (χ4n) is 11.0. The first-order valence-corrected chi connectivity index (χ1v) is 36.6. The lowest BCUT2D eigenvalue weighted by molar-refractivity contribution is -0.167. The number of rotatable bonds is 68. The van der Waals surface area contributed by atoms with Crippen molar-refractivity contribution in [2.24, 2.45) is 0 Å². The molecule has 0 saturated heterocycles. The Balaban J connectivity index is 4.08. The van der Waals surface area contributed by atoms with Gasteiger partial charge in [0.05, 0.1) is 0 Å². The van der Waals surface area contributed by atoms with Crippen LogP contribution < -0.4 is 0 Å². The first kappa shape index (κ1) is 79.4. The second-order valence-electron chi connectivity index (χ2n) is 24.8. The first-order chi connectivity index (χ1) is 40.5. The Morgan fingerprint density at radius 2 is 0.439 bits per heavy atom. The molecule has 0 saturated carbocycles. The summed E-state index contributed by atoms with van der Waals surface area (Å²) in [4.78, 5) is 38.4. The molecule has 0 aliphatic carbocycles. The Labute approximate surface area is 511 Å². The van der Waals surface area contributed by atoms with Crippen molar-refractivity contribution in [3.05, 3.63) is 48.6 Å². The highest BCUT2D eigenvalue weighted by Gasteiger charge is 2.19. The molecule has 0 bridgehead atoms. The summed E-state index contributed by atoms with van der Waals surface area (Å²) in [6.07, 6.45) is 90.2. The van der Waals surface area contributed by atoms with Crippen LogP contribution in [0.5, 0.6) is 0 Å². The van der Waals surface area contributed by atoms with Crippen molar-refractivity contribution < 1.29 is 28.6 Å². The number of carbonyl (C=O) groups excluding carboxylic acids is 3. The summed E-state index contributed by atoms with van der Waals surface area (Å²) in [5.41, 5.74) is 0. The van der Waals surface area contributed by atoms with E-state index >= 15 is 0 Å². The van der Waals surface area contributed by atoms with Crippen LogP contribution in [0.1, 0.15) is 400 Å². The fourth-order valence-corrected chi connectivity index (χ4v) is 11.0. The average molecular weight is 1150 g/mol. The summed E-state index contributed by atoms with van der Waals surface area (Å²) in [5.74, 6) is -0.867. The van der Waals surface area contributed by atoms with Crippen LogP contribution in [0.2, 0.25) is 0 Å². The molecule has 1 atom stereocenters. The summed E-state index contributed by atoms with van der Waals surface area (Å²) in [7, 11) is 0. The molecule has 0 aromatic rings. The number of esters is 3. The SMILES string of the molecule is CCCCCCC/C=C\C/C=C\CCCCCCCCCCCCCCCCCCCCCCCCCC(=O)OCC(COC(=O)CCCCCCC/C=C\CCCCCCC)OC(=O)CCCCCCC/C=C\CCCCCCCC. The molecule has 0 aromatic carbocycles. The van der Waals surface area contributed by atoms with Crippen molar-refractivity contribution in [2.75, 3.05) is 13.2 Å². The molecule has 0 aliphatic rings. The van der Waals surface area contributed by atoms with Crippen LogP contribution >= 0.6 is 0 Å². The van der Waals surface area contributed by atoms with Crippen LogP contribution in [0, 0.1) is 0 Å². The van der Waals surface area contributed by atoms with Crippen molar-refractivity contribution >= 4 is 17.9 Å². The van der Waals surface area contributed by atoms with Crippen LogP contribution in [-0.2, 0) is 28.6 Å². The van der Waals surface area contributed by atoms with Crippen molar-refractivity contribution in [1.29, 1.82) is 0 Å². The minimum absolute atomic E-state index is 0.0743. The van der Waals surface area contributed by atoms with Crippen molar-refractivity contribution in [1.82, 2.24) is 0 Å². The van der Waals surface area contributed by atoms with Crippen molar-refractivity contribution in [3.63, 3.8) is 0 Å². The zero-order chi connectivity index (χ0) is 59.2. The average Bonchev–Trinajstić information content (AvgIpc) is 3.48. The van der Waals surface area contributed by atoms with E-state index in [1.54, 1.807) is 0 Å². The Hall–Kier alpha value is -2.63. The Bertz CT molecular complexity index is 1410. The van der Waals surface area contributed by atoms with E-state index in [0.717, 1.165) is 77.0 Å². The molecule has 0 aliphatic heterocycles. The highest BCUT2D eigenvalue weighted by atomic mass is 16.6. The van der Waals surface area contributed by atoms with Gasteiger partial charge in [0.2, 0.25) is 0 Å². The first-order valence-electron chi connectivity index (χ1n) is 36.6. The van der Waals surface area contributed by atoms with Gasteiger partial charge in [0.1, 0.15) is 13.2 Å². The lowest BCUT2D eigenvalue weighted by atomic mass is 10.0. The maximum Gasteiger partial charge on any atom is 0.306 e. The summed E-state index contributed by atoms with van der Waals surface area (Å²) in [6, 6.07) is 0. The molecular weight excluding hydrogens is 1010 g/mol. The maximum absolute atomic E-state index is 12.9. The normalized spacial score (nSPS) is 12.3. The van der Waals surface area contributed by atoms with Crippen LogP contribution in [0.25, 0.3) is 0 Å². The third-order valence-electron chi connectivity index (χ3n) is 16.5. The number of ether oxygens (including phenoxy) is 3. The molecule has 6 nitrogen and oxygen atoms in total. The highest BCUT2D eigenvalue weighted by Crippen LogP contribution is 2.18. The number of allylic oxidation sites excluding steroid dienone is 8. The second-order valence-corrected chi connectivity index (χ2v) is 24.8. The van der Waals surface area contributed by atoms with Gasteiger partial charge in [0.15, 0.2) is 6.10 Å². The molecule has 0 aromatic heterocycles. The summed E-state index contributed by atoms with van der Waals surface area (Å²) < 4.78 is 17.0. The minimum atomic E-state index is -0.779. The van der Waals surface area contributed by atoms with Gasteiger partial charge in [-0.2, -0.15) is 0 Å². The Morgan fingerprint density at radius 1 is 0.244 bits per heavy atom. The molecule has 0 radical (unpaired) electrons. The van der Waals surface area contributed by atoms with Crippen molar-refractivity contribution in [2.45, 2.75) is 406 Å². The largest absolute Gasteiger partial charge is 0.462 e. The highest BCUT2D eigenvalue weighted by molar-refractivity contribution is 5.71. The van der Waals surface area contributed by atoms with Gasteiger partial charge in [-0.05, 0) is 103 Å². The molecule has 0 spiro atoms. The van der Waals surface area contributed by atoms with Gasteiger partial charge < -0.3 is 14.2 Å². The third-order valence-corrected chi connectivity index (χ3v) is 16.5. The van der Waals surface area contributed by atoms with E-state index in [9.17, 15) is 14.4 Å². The third kappa shape index (κ3) is 68.2. The standard InChI is InChI=1S/C76H140O6/c1-4-7-10-13-16-19-22-25-28-29-30-31-32-33-34-35-36-37-38-39-40-41-42-43-44-45-46-47-49-51-54-57-60-63-66-69-75(78)81-72-73(71-80-74(77)68-65-62-59-56-53-50-27-24-21-18-15-12-9-6-3)82-76(79)70-67-64-61-58-55-52-48-26-23-20-17-14-11-8-5-2/h22,24-27,29-30,48,73H,4-21,23,28,31-47,49-72H2,1-3H3/b25-22-,27-24-,30-29-,48-26-. The van der Waals surface area contributed by atoms with E-state index in [1.165, 1.54) is 283 Å². The number of hydrogen-bond donors (Lipinski definition) is 0. The van der Waals surface area contributed by atoms with Crippen LogP contribution in [0.3, 0.4) is 0 Å². The Kier molecular flexibility index (Phi) is 68.6. The number of unbranched alkanes of at least 4 members (excludes halogenated alkanes) is 49. The van der Waals surface area contributed by atoms with Crippen molar-refractivity contribution in [3.8, 4) is 0 Å². The lowest BCUT2D eigenvalue weighted by Gasteiger charge is -2.18. The molecular formula is C76H140O6. The van der Waals surface area contributed by atoms with E-state index in [0.29, 0.717) is 19.3 Å². The van der Waals surface area contributed by atoms with Crippen LogP contribution in [-0.4, -0.2) is 37.2 Å². The fraction of sp³-hybridized carbons (Fsp3) is 0.855. The summed E-state index contributed by atoms with van der Waals surface area (Å²) in [5, 5.41) is 0.